The summed E-state index contributed by atoms with van der Waals surface area (Å²) in [5.74, 6) is 0. The van der Waals surface area contributed by atoms with Crippen LogP contribution in [0.3, 0.4) is 0 Å². The van der Waals surface area contributed by atoms with Crippen molar-refractivity contribution in [2.75, 3.05) is 13.3 Å². The van der Waals surface area contributed by atoms with Gasteiger partial charge in [0, 0.05) is 0 Å². The topological polar surface area (TPSA) is 51.4 Å². The predicted octanol–water partition coefficient (Wildman–Crippen LogP) is -2.30. The zero-order chi connectivity index (χ0) is 5.40. The van der Waals surface area contributed by atoms with E-state index >= 15 is 0 Å². The van der Waals surface area contributed by atoms with Gasteiger partial charge in [-0.1, -0.05) is 0 Å². The summed E-state index contributed by atoms with van der Waals surface area (Å²) in [6.07, 6.45) is 0.287. The van der Waals surface area contributed by atoms with E-state index < -0.39 is 0 Å². The van der Waals surface area contributed by atoms with Gasteiger partial charge in [-0.2, -0.15) is 0 Å². The van der Waals surface area contributed by atoms with Crippen molar-refractivity contribution in [2.45, 2.75) is 6.29 Å². The molecule has 0 amide bonds. The minimum absolute atomic E-state index is 0.287. The Hall–Kier alpha value is -0.200. The summed E-state index contributed by atoms with van der Waals surface area (Å²) in [5.41, 5.74) is 12.0. The molecule has 2 rings (SSSR count). The fourth-order valence-corrected chi connectivity index (χ4v) is 0.945. The standard InChI is InChI=1S/C3H9N5/c1-4-6-3-7-5-2-8(1)3/h3-7H,1-2H2. The van der Waals surface area contributed by atoms with E-state index in [1.807, 2.05) is 0 Å². The van der Waals surface area contributed by atoms with Crippen molar-refractivity contribution in [3.63, 3.8) is 0 Å². The molecule has 46 valence electrons. The summed E-state index contributed by atoms with van der Waals surface area (Å²) in [4.78, 5) is 2.19. The zero-order valence-electron chi connectivity index (χ0n) is 4.44. The lowest BCUT2D eigenvalue weighted by molar-refractivity contribution is 0.296. The molecular formula is C3H9N5. The number of nitrogens with zero attached hydrogens (tertiary/aromatic N) is 1. The Kier molecular flexibility index (Phi) is 0.956. The molecule has 0 aromatic carbocycles. The summed E-state index contributed by atoms with van der Waals surface area (Å²) in [6, 6.07) is 0. The molecule has 0 aromatic rings. The molecule has 0 atom stereocenters. The van der Waals surface area contributed by atoms with Crippen LogP contribution >= 0.6 is 0 Å². The van der Waals surface area contributed by atoms with Crippen LogP contribution in [0.25, 0.3) is 0 Å². The maximum Gasteiger partial charge on any atom is 0.142 e. The van der Waals surface area contributed by atoms with Crippen LogP contribution in [0.5, 0.6) is 0 Å². The van der Waals surface area contributed by atoms with Crippen LogP contribution in [-0.2, 0) is 0 Å². The van der Waals surface area contributed by atoms with Crippen molar-refractivity contribution in [2.24, 2.45) is 0 Å². The quantitative estimate of drug-likeness (QED) is 0.286. The van der Waals surface area contributed by atoms with Gasteiger partial charge in [0.15, 0.2) is 0 Å². The predicted molar refractivity (Wildman–Crippen MR) is 27.9 cm³/mol. The molecule has 0 saturated carbocycles. The van der Waals surface area contributed by atoms with Gasteiger partial charge in [-0.05, 0) is 0 Å². The highest BCUT2D eigenvalue weighted by atomic mass is 15.7. The fourth-order valence-electron chi connectivity index (χ4n) is 0.945. The second kappa shape index (κ2) is 1.64. The van der Waals surface area contributed by atoms with Crippen LogP contribution in [0, 0.1) is 0 Å². The van der Waals surface area contributed by atoms with E-state index in [1.165, 1.54) is 0 Å². The Morgan fingerprint density at radius 1 is 1.12 bits per heavy atom. The van der Waals surface area contributed by atoms with Crippen molar-refractivity contribution >= 4 is 0 Å². The van der Waals surface area contributed by atoms with Gasteiger partial charge in [0.05, 0.1) is 13.3 Å². The average molecular weight is 115 g/mol. The van der Waals surface area contributed by atoms with Crippen molar-refractivity contribution in [1.29, 1.82) is 0 Å². The van der Waals surface area contributed by atoms with Gasteiger partial charge < -0.3 is 0 Å². The maximum absolute atomic E-state index is 3.02. The van der Waals surface area contributed by atoms with Crippen molar-refractivity contribution in [3.05, 3.63) is 0 Å². The molecule has 0 aliphatic carbocycles. The van der Waals surface area contributed by atoms with E-state index in [0.29, 0.717) is 0 Å². The second-order valence-corrected chi connectivity index (χ2v) is 1.95. The average Bonchev–Trinajstić information content (AvgIpc) is 2.15. The largest absolute Gasteiger partial charge is 0.246 e. The van der Waals surface area contributed by atoms with E-state index in [9.17, 15) is 0 Å². The van der Waals surface area contributed by atoms with Crippen LogP contribution in [-0.4, -0.2) is 24.5 Å². The van der Waals surface area contributed by atoms with E-state index in [0.717, 1.165) is 13.3 Å². The van der Waals surface area contributed by atoms with Crippen LogP contribution < -0.4 is 21.7 Å². The Labute approximate surface area is 47.4 Å². The van der Waals surface area contributed by atoms with Gasteiger partial charge in [0.1, 0.15) is 6.29 Å². The van der Waals surface area contributed by atoms with Gasteiger partial charge in [-0.15, -0.1) is 0 Å². The Balaban J connectivity index is 2.04. The van der Waals surface area contributed by atoms with Gasteiger partial charge in [0.2, 0.25) is 0 Å². The zero-order valence-corrected chi connectivity index (χ0v) is 4.44. The van der Waals surface area contributed by atoms with E-state index in [2.05, 4.69) is 26.6 Å². The van der Waals surface area contributed by atoms with Gasteiger partial charge in [-0.25, -0.2) is 26.6 Å². The first-order valence-corrected chi connectivity index (χ1v) is 2.68. The van der Waals surface area contributed by atoms with Gasteiger partial charge in [0.25, 0.3) is 0 Å². The third-order valence-electron chi connectivity index (χ3n) is 1.41. The second-order valence-electron chi connectivity index (χ2n) is 1.95. The first-order chi connectivity index (χ1) is 3.97. The van der Waals surface area contributed by atoms with E-state index in [-0.39, 0.29) is 6.29 Å². The molecule has 0 aromatic heterocycles. The molecule has 0 spiro atoms. The van der Waals surface area contributed by atoms with Gasteiger partial charge >= 0.3 is 0 Å². The molecule has 5 heteroatoms. The highest BCUT2D eigenvalue weighted by Gasteiger charge is 2.26. The first kappa shape index (κ1) is 4.66. The third kappa shape index (κ3) is 0.535. The fraction of sp³-hybridized carbons (Fsp3) is 1.00. The Morgan fingerprint density at radius 2 is 1.75 bits per heavy atom. The molecule has 4 N–H and O–H groups in total. The molecule has 2 fully saturated rings. The van der Waals surface area contributed by atoms with E-state index in [4.69, 9.17) is 0 Å². The number of hydrazine groups is 2. The number of hydrogen-bond donors (Lipinski definition) is 4. The van der Waals surface area contributed by atoms with Crippen LogP contribution in [0.2, 0.25) is 0 Å². The lowest BCUT2D eigenvalue weighted by atomic mass is 10.8. The van der Waals surface area contributed by atoms with Crippen molar-refractivity contribution in [3.8, 4) is 0 Å². The molecule has 0 bridgehead atoms. The molecule has 5 nitrogen and oxygen atoms in total. The van der Waals surface area contributed by atoms with E-state index in [1.54, 1.807) is 0 Å². The molecule has 2 saturated heterocycles. The molecular weight excluding hydrogens is 106 g/mol. The van der Waals surface area contributed by atoms with Crippen molar-refractivity contribution < 1.29 is 0 Å². The highest BCUT2D eigenvalue weighted by molar-refractivity contribution is 4.72. The van der Waals surface area contributed by atoms with Gasteiger partial charge in [-0.3, -0.25) is 0 Å². The number of rotatable bonds is 0. The molecule has 8 heavy (non-hydrogen) atoms. The lowest BCUT2D eigenvalue weighted by Gasteiger charge is -2.07. The highest BCUT2D eigenvalue weighted by Crippen LogP contribution is 1.96. The normalized spacial score (nSPS) is 31.5. The SMILES string of the molecule is C1NNC2NNCN12. The smallest absolute Gasteiger partial charge is 0.142 e. The van der Waals surface area contributed by atoms with Crippen LogP contribution in [0.4, 0.5) is 0 Å². The molecule has 2 aliphatic heterocycles. The third-order valence-corrected chi connectivity index (χ3v) is 1.41. The van der Waals surface area contributed by atoms with Crippen LogP contribution in [0.1, 0.15) is 0 Å². The minimum Gasteiger partial charge on any atom is -0.246 e. The number of hydrogen-bond acceptors (Lipinski definition) is 5. The first-order valence-electron chi connectivity index (χ1n) is 2.68. The molecule has 0 radical (unpaired) electrons. The van der Waals surface area contributed by atoms with Crippen LogP contribution in [0.15, 0.2) is 0 Å². The molecule has 2 aliphatic rings. The van der Waals surface area contributed by atoms with Crippen molar-refractivity contribution in [1.82, 2.24) is 26.6 Å². The molecule has 0 unspecified atom stereocenters. The molecule has 2 heterocycles. The Morgan fingerprint density at radius 3 is 2.25 bits per heavy atom. The summed E-state index contributed by atoms with van der Waals surface area (Å²) in [7, 11) is 0. The summed E-state index contributed by atoms with van der Waals surface area (Å²) < 4.78 is 0. The monoisotopic (exact) mass is 115 g/mol. The number of fused-ring (bicyclic) bond motifs is 1. The maximum atomic E-state index is 3.02. The lowest BCUT2D eigenvalue weighted by Crippen LogP contribution is -2.43. The minimum atomic E-state index is 0.287. The summed E-state index contributed by atoms with van der Waals surface area (Å²) >= 11 is 0. The summed E-state index contributed by atoms with van der Waals surface area (Å²) in [6.45, 7) is 1.81. The number of nitrogens with one attached hydrogen (secondary N) is 4. The summed E-state index contributed by atoms with van der Waals surface area (Å²) in [5, 5.41) is 0. The Bertz CT molecular complexity index is 73.7.